The average molecular weight is 242 g/mol. The van der Waals surface area contributed by atoms with E-state index in [2.05, 4.69) is 11.3 Å². The van der Waals surface area contributed by atoms with Gasteiger partial charge in [0, 0.05) is 17.7 Å². The fourth-order valence-electron chi connectivity index (χ4n) is 1.04. The molecule has 6 nitrogen and oxygen atoms in total. The van der Waals surface area contributed by atoms with Gasteiger partial charge in [-0.25, -0.2) is 14.4 Å². The molecule has 0 aliphatic rings. The number of carboxylic acids is 2. The molecule has 0 fully saturated rings. The van der Waals surface area contributed by atoms with Crippen molar-refractivity contribution in [2.75, 3.05) is 6.61 Å². The summed E-state index contributed by atoms with van der Waals surface area (Å²) >= 11 is 0. The fraction of sp³-hybridized carbons (Fsp3) is 0.364. The Morgan fingerprint density at radius 1 is 1.18 bits per heavy atom. The van der Waals surface area contributed by atoms with Crippen molar-refractivity contribution in [2.24, 2.45) is 0 Å². The molecule has 0 radical (unpaired) electrons. The van der Waals surface area contributed by atoms with E-state index in [4.69, 9.17) is 10.2 Å². The van der Waals surface area contributed by atoms with Crippen molar-refractivity contribution in [2.45, 2.75) is 19.3 Å². The van der Waals surface area contributed by atoms with Crippen LogP contribution in [0.15, 0.2) is 24.3 Å². The van der Waals surface area contributed by atoms with Gasteiger partial charge in [0.25, 0.3) is 0 Å². The van der Waals surface area contributed by atoms with Gasteiger partial charge in [-0.15, -0.1) is 0 Å². The van der Waals surface area contributed by atoms with Gasteiger partial charge in [-0.05, 0) is 19.3 Å². The molecule has 0 aliphatic carbocycles. The fourth-order valence-corrected chi connectivity index (χ4v) is 1.04. The van der Waals surface area contributed by atoms with Crippen LogP contribution in [-0.4, -0.2) is 34.7 Å². The summed E-state index contributed by atoms with van der Waals surface area (Å²) in [6.45, 7) is 3.37. The number of aliphatic carboxylic acids is 2. The summed E-state index contributed by atoms with van der Waals surface area (Å²) in [4.78, 5) is 31.6. The monoisotopic (exact) mass is 242 g/mol. The zero-order valence-corrected chi connectivity index (χ0v) is 9.22. The Kier molecular flexibility index (Phi) is 7.09. The Morgan fingerprint density at radius 3 is 2.29 bits per heavy atom. The number of esters is 1. The standard InChI is InChI=1S/C11H14O6/c1-2-10(14)17-6-4-3-5-8(11(15)16)7-9(12)13/h2,7H,1,3-6H2,(H,12,13)(H,15,16)/b8-7-. The average Bonchev–Trinajstić information content (AvgIpc) is 2.25. The van der Waals surface area contributed by atoms with Crippen LogP contribution in [-0.2, 0) is 19.1 Å². The normalized spacial score (nSPS) is 10.7. The molecule has 0 saturated heterocycles. The maximum Gasteiger partial charge on any atom is 0.331 e. The molecule has 0 amide bonds. The summed E-state index contributed by atoms with van der Waals surface area (Å²) in [5.41, 5.74) is -0.174. The van der Waals surface area contributed by atoms with Gasteiger partial charge < -0.3 is 14.9 Å². The van der Waals surface area contributed by atoms with Crippen molar-refractivity contribution in [3.05, 3.63) is 24.3 Å². The van der Waals surface area contributed by atoms with Crippen LogP contribution in [0.1, 0.15) is 19.3 Å². The molecular formula is C11H14O6. The predicted molar refractivity (Wildman–Crippen MR) is 58.4 cm³/mol. The third kappa shape index (κ3) is 7.78. The summed E-state index contributed by atoms with van der Waals surface area (Å²) in [5.74, 6) is -3.08. The molecule has 0 saturated carbocycles. The lowest BCUT2D eigenvalue weighted by molar-refractivity contribution is -0.138. The number of hydrogen-bond acceptors (Lipinski definition) is 4. The third-order valence-electron chi connectivity index (χ3n) is 1.82. The second-order valence-electron chi connectivity index (χ2n) is 3.14. The minimum Gasteiger partial charge on any atom is -0.478 e. The van der Waals surface area contributed by atoms with Crippen molar-refractivity contribution in [1.29, 1.82) is 0 Å². The summed E-state index contributed by atoms with van der Waals surface area (Å²) in [5, 5.41) is 17.1. The molecule has 2 N–H and O–H groups in total. The topological polar surface area (TPSA) is 101 Å². The van der Waals surface area contributed by atoms with Crippen LogP contribution in [0.25, 0.3) is 0 Å². The zero-order valence-electron chi connectivity index (χ0n) is 9.22. The maximum absolute atomic E-state index is 10.6. The Bertz CT molecular complexity index is 342. The number of unbranched alkanes of at least 4 members (excludes halogenated alkanes) is 1. The van der Waals surface area contributed by atoms with E-state index in [-0.39, 0.29) is 18.6 Å². The second kappa shape index (κ2) is 8.09. The van der Waals surface area contributed by atoms with Crippen molar-refractivity contribution < 1.29 is 29.3 Å². The molecule has 0 aromatic rings. The number of carboxylic acid groups (broad SMARTS) is 2. The van der Waals surface area contributed by atoms with E-state index in [0.717, 1.165) is 6.08 Å². The van der Waals surface area contributed by atoms with Crippen LogP contribution in [0.5, 0.6) is 0 Å². The van der Waals surface area contributed by atoms with Gasteiger partial charge in [0.2, 0.25) is 0 Å². The van der Waals surface area contributed by atoms with E-state index < -0.39 is 17.9 Å². The van der Waals surface area contributed by atoms with E-state index >= 15 is 0 Å². The van der Waals surface area contributed by atoms with Gasteiger partial charge in [0.15, 0.2) is 0 Å². The summed E-state index contributed by atoms with van der Waals surface area (Å²) < 4.78 is 4.67. The molecule has 0 aromatic carbocycles. The maximum atomic E-state index is 10.6. The third-order valence-corrected chi connectivity index (χ3v) is 1.82. The van der Waals surface area contributed by atoms with Gasteiger partial charge in [0.1, 0.15) is 0 Å². The Hall–Kier alpha value is -2.11. The first-order valence-corrected chi connectivity index (χ1v) is 4.93. The van der Waals surface area contributed by atoms with Crippen LogP contribution in [0.3, 0.4) is 0 Å². The highest BCUT2D eigenvalue weighted by molar-refractivity contribution is 5.94. The smallest absolute Gasteiger partial charge is 0.331 e. The lowest BCUT2D eigenvalue weighted by Gasteiger charge is -2.02. The number of rotatable bonds is 8. The molecule has 94 valence electrons. The van der Waals surface area contributed by atoms with E-state index in [1.165, 1.54) is 0 Å². The van der Waals surface area contributed by atoms with Crippen LogP contribution in [0, 0.1) is 0 Å². The van der Waals surface area contributed by atoms with Gasteiger partial charge in [-0.2, -0.15) is 0 Å². The van der Waals surface area contributed by atoms with Crippen LogP contribution in [0.4, 0.5) is 0 Å². The molecule has 0 unspecified atom stereocenters. The van der Waals surface area contributed by atoms with E-state index in [0.29, 0.717) is 18.9 Å². The molecule has 0 spiro atoms. The summed E-state index contributed by atoms with van der Waals surface area (Å²) in [6.07, 6.45) is 2.71. The molecule has 17 heavy (non-hydrogen) atoms. The van der Waals surface area contributed by atoms with Gasteiger partial charge in [-0.3, -0.25) is 0 Å². The van der Waals surface area contributed by atoms with Crippen molar-refractivity contribution in [1.82, 2.24) is 0 Å². The SMILES string of the molecule is C=CC(=O)OCCCC/C(=C/C(=O)O)C(=O)O. The first kappa shape index (κ1) is 14.9. The lowest BCUT2D eigenvalue weighted by Crippen LogP contribution is -2.05. The van der Waals surface area contributed by atoms with E-state index in [9.17, 15) is 14.4 Å². The first-order valence-electron chi connectivity index (χ1n) is 4.93. The quantitative estimate of drug-likeness (QED) is 0.374. The minimum absolute atomic E-state index is 0.118. The van der Waals surface area contributed by atoms with Crippen LogP contribution < -0.4 is 0 Å². The van der Waals surface area contributed by atoms with Gasteiger partial charge >= 0.3 is 17.9 Å². The Balaban J connectivity index is 3.92. The highest BCUT2D eigenvalue weighted by Crippen LogP contribution is 2.08. The lowest BCUT2D eigenvalue weighted by atomic mass is 10.1. The minimum atomic E-state index is -1.29. The molecule has 0 atom stereocenters. The number of carbonyl (C=O) groups excluding carboxylic acids is 1. The molecule has 0 aromatic heterocycles. The van der Waals surface area contributed by atoms with E-state index in [1.54, 1.807) is 0 Å². The molecule has 0 bridgehead atoms. The van der Waals surface area contributed by atoms with Gasteiger partial charge in [-0.1, -0.05) is 6.58 Å². The Labute approximate surface area is 98.2 Å². The first-order chi connectivity index (χ1) is 7.97. The number of carbonyl (C=O) groups is 3. The number of ether oxygens (including phenoxy) is 1. The van der Waals surface area contributed by atoms with Crippen molar-refractivity contribution in [3.63, 3.8) is 0 Å². The highest BCUT2D eigenvalue weighted by Gasteiger charge is 2.09. The molecule has 0 heterocycles. The molecule has 0 rings (SSSR count). The number of hydrogen-bond donors (Lipinski definition) is 2. The molecule has 6 heteroatoms. The molecular weight excluding hydrogens is 228 g/mol. The second-order valence-corrected chi connectivity index (χ2v) is 3.14. The summed E-state index contributed by atoms with van der Waals surface area (Å²) in [6, 6.07) is 0. The Morgan fingerprint density at radius 2 is 1.82 bits per heavy atom. The highest BCUT2D eigenvalue weighted by atomic mass is 16.5. The molecule has 0 aliphatic heterocycles. The van der Waals surface area contributed by atoms with E-state index in [1.807, 2.05) is 0 Å². The summed E-state index contributed by atoms with van der Waals surface area (Å²) in [7, 11) is 0. The van der Waals surface area contributed by atoms with Crippen molar-refractivity contribution in [3.8, 4) is 0 Å². The van der Waals surface area contributed by atoms with Gasteiger partial charge in [0.05, 0.1) is 6.61 Å². The van der Waals surface area contributed by atoms with Crippen LogP contribution >= 0.6 is 0 Å². The van der Waals surface area contributed by atoms with Crippen molar-refractivity contribution >= 4 is 17.9 Å². The largest absolute Gasteiger partial charge is 0.478 e. The van der Waals surface area contributed by atoms with Crippen LogP contribution in [0.2, 0.25) is 0 Å². The predicted octanol–water partition coefficient (Wildman–Crippen LogP) is 0.982. The zero-order chi connectivity index (χ0) is 13.3.